The highest BCUT2D eigenvalue weighted by Gasteiger charge is 2.09. The summed E-state index contributed by atoms with van der Waals surface area (Å²) >= 11 is 9.10. The van der Waals surface area contributed by atoms with Crippen LogP contribution in [0.1, 0.15) is 57.4 Å². The number of nitrogens with zero attached hydrogens (tertiary/aromatic N) is 2. The second-order valence-corrected chi connectivity index (χ2v) is 10.0. The van der Waals surface area contributed by atoms with Gasteiger partial charge in [-0.2, -0.15) is 0 Å². The van der Waals surface area contributed by atoms with Crippen molar-refractivity contribution in [2.75, 3.05) is 44.0 Å². The van der Waals surface area contributed by atoms with E-state index in [1.54, 1.807) is 0 Å². The summed E-state index contributed by atoms with van der Waals surface area (Å²) in [6.07, 6.45) is 8.83. The van der Waals surface area contributed by atoms with Gasteiger partial charge in [-0.15, -0.1) is 0 Å². The van der Waals surface area contributed by atoms with Gasteiger partial charge in [0.25, 0.3) is 0 Å². The van der Waals surface area contributed by atoms with Crippen molar-refractivity contribution in [2.24, 2.45) is 0 Å². The molecule has 0 atom stereocenters. The van der Waals surface area contributed by atoms with E-state index in [4.69, 9.17) is 17.0 Å². The average molecular weight is 535 g/mol. The van der Waals surface area contributed by atoms with Crippen molar-refractivity contribution >= 4 is 44.6 Å². The van der Waals surface area contributed by atoms with Gasteiger partial charge in [0.15, 0.2) is 5.11 Å². The molecule has 0 fully saturated rings. The lowest BCUT2D eigenvalue weighted by Gasteiger charge is -2.22. The van der Waals surface area contributed by atoms with Crippen molar-refractivity contribution in [2.45, 2.75) is 58.8 Å². The molecule has 0 unspecified atom stereocenters. The molecule has 0 spiro atoms. The first-order valence-corrected chi connectivity index (χ1v) is 13.3. The van der Waals surface area contributed by atoms with Gasteiger partial charge in [0.1, 0.15) is 5.75 Å². The third-order valence-electron chi connectivity index (χ3n) is 5.80. The van der Waals surface area contributed by atoms with Crippen LogP contribution in [0.4, 0.5) is 11.4 Å². The lowest BCUT2D eigenvalue weighted by Crippen LogP contribution is -2.31. The fourth-order valence-corrected chi connectivity index (χ4v) is 4.31. The van der Waals surface area contributed by atoms with E-state index in [-0.39, 0.29) is 0 Å². The van der Waals surface area contributed by atoms with E-state index in [0.29, 0.717) is 5.11 Å². The summed E-state index contributed by atoms with van der Waals surface area (Å²) in [5.41, 5.74) is 3.18. The molecule has 2 rings (SSSR count). The largest absolute Gasteiger partial charge is 0.494 e. The number of anilines is 2. The van der Waals surface area contributed by atoms with Gasteiger partial charge in [-0.25, -0.2) is 0 Å². The lowest BCUT2D eigenvalue weighted by molar-refractivity contribution is 0.294. The summed E-state index contributed by atoms with van der Waals surface area (Å²) in [6.45, 7) is 7.53. The highest BCUT2D eigenvalue weighted by atomic mass is 79.9. The van der Waals surface area contributed by atoms with Crippen LogP contribution < -0.4 is 15.0 Å². The SMILES string of the molecule is CCCCCN(C)CCCCCCOc1ccc(N(C)C(=S)Nc2ccc(Br)cc2C)cc1. The van der Waals surface area contributed by atoms with E-state index in [0.717, 1.165) is 40.2 Å². The van der Waals surface area contributed by atoms with Crippen LogP contribution in [0, 0.1) is 6.92 Å². The minimum atomic E-state index is 0.657. The molecule has 33 heavy (non-hydrogen) atoms. The highest BCUT2D eigenvalue weighted by Crippen LogP contribution is 2.23. The molecule has 182 valence electrons. The van der Waals surface area contributed by atoms with E-state index in [2.05, 4.69) is 53.1 Å². The smallest absolute Gasteiger partial charge is 0.177 e. The standard InChI is InChI=1S/C27H40BrN3OS/c1-5-6-9-18-30(3)19-10-7-8-11-20-32-25-15-13-24(14-16-25)31(4)27(33)29-26-17-12-23(28)21-22(26)2/h12-17,21H,5-11,18-20H2,1-4H3,(H,29,33). The monoisotopic (exact) mass is 533 g/mol. The van der Waals surface area contributed by atoms with Gasteiger partial charge in [-0.3, -0.25) is 0 Å². The molecule has 0 aliphatic carbocycles. The summed E-state index contributed by atoms with van der Waals surface area (Å²) in [5, 5.41) is 3.99. The average Bonchev–Trinajstić information content (AvgIpc) is 2.80. The first kappa shape index (κ1) is 27.6. The van der Waals surface area contributed by atoms with Crippen LogP contribution in [0.3, 0.4) is 0 Å². The Bertz CT molecular complexity index is 844. The van der Waals surface area contributed by atoms with E-state index in [9.17, 15) is 0 Å². The molecule has 0 amide bonds. The zero-order chi connectivity index (χ0) is 24.1. The molecule has 0 aliphatic rings. The van der Waals surface area contributed by atoms with Crippen LogP contribution in [0.15, 0.2) is 46.9 Å². The summed E-state index contributed by atoms with van der Waals surface area (Å²) in [7, 11) is 4.21. The van der Waals surface area contributed by atoms with Gasteiger partial charge in [-0.1, -0.05) is 48.5 Å². The summed E-state index contributed by atoms with van der Waals surface area (Å²) in [5.74, 6) is 0.908. The summed E-state index contributed by atoms with van der Waals surface area (Å²) in [4.78, 5) is 4.44. The number of benzene rings is 2. The highest BCUT2D eigenvalue weighted by molar-refractivity contribution is 9.10. The predicted molar refractivity (Wildman–Crippen MR) is 151 cm³/mol. The van der Waals surface area contributed by atoms with Crippen molar-refractivity contribution in [1.29, 1.82) is 0 Å². The fourth-order valence-electron chi connectivity index (χ4n) is 3.62. The van der Waals surface area contributed by atoms with Gasteiger partial charge in [-0.05, 0) is 107 Å². The van der Waals surface area contributed by atoms with Crippen molar-refractivity contribution in [1.82, 2.24) is 4.90 Å². The number of thiocarbonyl (C=S) groups is 1. The minimum Gasteiger partial charge on any atom is -0.494 e. The number of halogens is 1. The number of nitrogens with one attached hydrogen (secondary N) is 1. The van der Waals surface area contributed by atoms with Crippen LogP contribution >= 0.6 is 28.1 Å². The van der Waals surface area contributed by atoms with E-state index < -0.39 is 0 Å². The Morgan fingerprint density at radius 2 is 1.61 bits per heavy atom. The number of rotatable bonds is 14. The molecule has 0 saturated carbocycles. The molecular weight excluding hydrogens is 494 g/mol. The van der Waals surface area contributed by atoms with Crippen LogP contribution in [-0.2, 0) is 0 Å². The van der Waals surface area contributed by atoms with Crippen LogP contribution in [0.25, 0.3) is 0 Å². The number of unbranched alkanes of at least 4 members (excludes halogenated alkanes) is 5. The first-order chi connectivity index (χ1) is 15.9. The van der Waals surface area contributed by atoms with E-state index in [1.807, 2.05) is 48.3 Å². The molecule has 2 aromatic rings. The quantitative estimate of drug-likeness (QED) is 0.199. The number of ether oxygens (including phenoxy) is 1. The molecule has 2 aromatic carbocycles. The summed E-state index contributed by atoms with van der Waals surface area (Å²) in [6, 6.07) is 14.2. The van der Waals surface area contributed by atoms with Crippen molar-refractivity contribution in [3.05, 3.63) is 52.5 Å². The minimum absolute atomic E-state index is 0.657. The maximum atomic E-state index is 5.94. The normalized spacial score (nSPS) is 11.0. The Balaban J connectivity index is 1.65. The van der Waals surface area contributed by atoms with Crippen molar-refractivity contribution < 1.29 is 4.74 Å². The molecule has 6 heteroatoms. The Morgan fingerprint density at radius 1 is 0.939 bits per heavy atom. The van der Waals surface area contributed by atoms with Crippen LogP contribution in [0.2, 0.25) is 0 Å². The Labute approximate surface area is 214 Å². The Morgan fingerprint density at radius 3 is 2.27 bits per heavy atom. The second kappa shape index (κ2) is 15.3. The number of aryl methyl sites for hydroxylation is 1. The fraction of sp³-hybridized carbons (Fsp3) is 0.519. The topological polar surface area (TPSA) is 27.7 Å². The number of hydrogen-bond donors (Lipinski definition) is 1. The van der Waals surface area contributed by atoms with Gasteiger partial charge >= 0.3 is 0 Å². The number of hydrogen-bond acceptors (Lipinski definition) is 3. The maximum absolute atomic E-state index is 5.94. The molecule has 1 N–H and O–H groups in total. The molecule has 0 radical (unpaired) electrons. The molecule has 0 aliphatic heterocycles. The predicted octanol–water partition coefficient (Wildman–Crippen LogP) is 7.65. The molecular formula is C27H40BrN3OS. The lowest BCUT2D eigenvalue weighted by atomic mass is 10.2. The first-order valence-electron chi connectivity index (χ1n) is 12.1. The van der Waals surface area contributed by atoms with E-state index >= 15 is 0 Å². The maximum Gasteiger partial charge on any atom is 0.177 e. The van der Waals surface area contributed by atoms with Gasteiger partial charge in [0.05, 0.1) is 6.61 Å². The third-order valence-corrected chi connectivity index (χ3v) is 6.67. The summed E-state index contributed by atoms with van der Waals surface area (Å²) < 4.78 is 7.00. The van der Waals surface area contributed by atoms with Crippen LogP contribution in [0.5, 0.6) is 5.75 Å². The molecule has 0 bridgehead atoms. The molecule has 4 nitrogen and oxygen atoms in total. The Hall–Kier alpha value is -1.63. The zero-order valence-corrected chi connectivity index (χ0v) is 23.1. The van der Waals surface area contributed by atoms with Gasteiger partial charge < -0.3 is 19.9 Å². The Kier molecular flexibility index (Phi) is 12.8. The van der Waals surface area contributed by atoms with Crippen molar-refractivity contribution in [3.63, 3.8) is 0 Å². The molecule has 0 heterocycles. The molecule has 0 aromatic heterocycles. The van der Waals surface area contributed by atoms with Crippen molar-refractivity contribution in [3.8, 4) is 5.75 Å². The van der Waals surface area contributed by atoms with Gasteiger partial charge in [0, 0.05) is 22.9 Å². The second-order valence-electron chi connectivity index (χ2n) is 8.72. The van der Waals surface area contributed by atoms with E-state index in [1.165, 1.54) is 51.6 Å². The van der Waals surface area contributed by atoms with Gasteiger partial charge in [0.2, 0.25) is 0 Å². The zero-order valence-electron chi connectivity index (χ0n) is 20.7. The third kappa shape index (κ3) is 10.4. The van der Waals surface area contributed by atoms with Crippen LogP contribution in [-0.4, -0.2) is 43.8 Å². The molecule has 0 saturated heterocycles.